The van der Waals surface area contributed by atoms with Crippen LogP contribution in [0.1, 0.15) is 11.1 Å². The predicted molar refractivity (Wildman–Crippen MR) is 90.5 cm³/mol. The smallest absolute Gasteiger partial charge is 0.287 e. The van der Waals surface area contributed by atoms with Gasteiger partial charge < -0.3 is 4.74 Å². The maximum absolute atomic E-state index is 6.10. The van der Waals surface area contributed by atoms with Crippen LogP contribution in [0, 0.1) is 0 Å². The molecule has 0 N–H and O–H groups in total. The second-order valence-corrected chi connectivity index (χ2v) is 11.6. The van der Waals surface area contributed by atoms with E-state index in [9.17, 15) is 0 Å². The van der Waals surface area contributed by atoms with E-state index < -0.39 is 8.07 Å². The van der Waals surface area contributed by atoms with Crippen molar-refractivity contribution in [3.63, 3.8) is 0 Å². The topological polar surface area (TPSA) is 12.2 Å². The lowest BCUT2D eigenvalue weighted by Crippen LogP contribution is -2.41. The average Bonchev–Trinajstić information content (AvgIpc) is 2.46. The van der Waals surface area contributed by atoms with Gasteiger partial charge in [0.2, 0.25) is 0 Å². The van der Waals surface area contributed by atoms with Crippen LogP contribution in [0.15, 0.2) is 48.5 Å². The van der Waals surface area contributed by atoms with E-state index in [0.29, 0.717) is 6.73 Å². The minimum Gasteiger partial charge on any atom is -0.436 e. The Hall–Kier alpha value is -1.87. The third-order valence-corrected chi connectivity index (χ3v) is 5.79. The van der Waals surface area contributed by atoms with Crippen LogP contribution >= 0.6 is 0 Å². The first-order valence-electron chi connectivity index (χ1n) is 7.43. The summed E-state index contributed by atoms with van der Waals surface area (Å²) in [6.07, 6.45) is 2.23. The van der Waals surface area contributed by atoms with Crippen molar-refractivity contribution in [2.45, 2.75) is 26.2 Å². The highest BCUT2D eigenvalue weighted by Crippen LogP contribution is 2.21. The fraction of sp³-hybridized carbons (Fsp3) is 0.278. The Labute approximate surface area is 127 Å². The van der Waals surface area contributed by atoms with Crippen molar-refractivity contribution in [3.8, 4) is 5.75 Å². The van der Waals surface area contributed by atoms with Crippen LogP contribution in [0.4, 0.5) is 0 Å². The molecule has 1 heterocycles. The Bertz CT molecular complexity index is 671. The van der Waals surface area contributed by atoms with Crippen molar-refractivity contribution < 1.29 is 9.31 Å². The predicted octanol–water partition coefficient (Wildman–Crippen LogP) is 3.21. The molecule has 0 fully saturated rings. The lowest BCUT2D eigenvalue weighted by Gasteiger charge is -2.23. The van der Waals surface area contributed by atoms with Gasteiger partial charge in [-0.2, -0.15) is 4.58 Å². The molecule has 2 aromatic carbocycles. The molecule has 108 valence electrons. The maximum atomic E-state index is 6.10. The summed E-state index contributed by atoms with van der Waals surface area (Å²) in [4.78, 5) is 0. The molecule has 2 aromatic rings. The molecule has 0 radical (unpaired) electrons. The Morgan fingerprint density at radius 3 is 2.48 bits per heavy atom. The fourth-order valence-electron chi connectivity index (χ4n) is 2.70. The van der Waals surface area contributed by atoms with Crippen LogP contribution in [-0.4, -0.2) is 25.6 Å². The lowest BCUT2D eigenvalue weighted by molar-refractivity contribution is -0.571. The van der Waals surface area contributed by atoms with E-state index in [4.69, 9.17) is 4.74 Å². The summed E-state index contributed by atoms with van der Waals surface area (Å²) < 4.78 is 8.32. The molecule has 0 saturated heterocycles. The van der Waals surface area contributed by atoms with Crippen LogP contribution in [-0.2, 0) is 6.54 Å². The Morgan fingerprint density at radius 1 is 1.00 bits per heavy atom. The second kappa shape index (κ2) is 5.49. The zero-order chi connectivity index (χ0) is 14.9. The van der Waals surface area contributed by atoms with Crippen LogP contribution < -0.4 is 9.92 Å². The molecule has 2 nitrogen and oxygen atoms in total. The van der Waals surface area contributed by atoms with E-state index in [1.807, 2.05) is 0 Å². The summed E-state index contributed by atoms with van der Waals surface area (Å²) in [5, 5.41) is 1.41. The zero-order valence-corrected chi connectivity index (χ0v) is 14.0. The molecule has 0 atom stereocenters. The van der Waals surface area contributed by atoms with Gasteiger partial charge in [-0.25, -0.2) is 0 Å². The molecule has 0 aliphatic carbocycles. The van der Waals surface area contributed by atoms with Gasteiger partial charge in [0, 0.05) is 5.56 Å². The van der Waals surface area contributed by atoms with Gasteiger partial charge in [0.1, 0.15) is 5.75 Å². The van der Waals surface area contributed by atoms with Crippen molar-refractivity contribution >= 4 is 19.5 Å². The first kappa shape index (κ1) is 14.1. The van der Waals surface area contributed by atoms with Gasteiger partial charge in [-0.3, -0.25) is 0 Å². The summed E-state index contributed by atoms with van der Waals surface area (Å²) >= 11 is 0. The third-order valence-electron chi connectivity index (χ3n) is 3.78. The number of ether oxygens (including phenoxy) is 1. The highest BCUT2D eigenvalue weighted by molar-refractivity contribution is 6.89. The van der Waals surface area contributed by atoms with E-state index >= 15 is 0 Å². The van der Waals surface area contributed by atoms with Crippen LogP contribution in [0.5, 0.6) is 5.75 Å². The van der Waals surface area contributed by atoms with E-state index in [0.717, 1.165) is 12.3 Å². The molecule has 21 heavy (non-hydrogen) atoms. The Morgan fingerprint density at radius 2 is 1.76 bits per heavy atom. The lowest BCUT2D eigenvalue weighted by atomic mass is 10.2. The molecule has 0 bridgehead atoms. The number of fused-ring (bicyclic) bond motifs is 1. The zero-order valence-electron chi connectivity index (χ0n) is 13.0. The van der Waals surface area contributed by atoms with Crippen LogP contribution in [0.25, 0.3) is 0 Å². The van der Waals surface area contributed by atoms with E-state index in [1.54, 1.807) is 0 Å². The standard InChI is InChI=1S/C18H22NOSi/c1-21(2,3)17-11-7-10-16-13-19(14-20-18(16)17)12-15-8-5-4-6-9-15/h4-11,13H,12,14H2,1-3H3/q+1. The van der Waals surface area contributed by atoms with Crippen molar-refractivity contribution in [2.75, 3.05) is 6.73 Å². The second-order valence-electron chi connectivity index (χ2n) is 6.61. The van der Waals surface area contributed by atoms with Crippen molar-refractivity contribution in [1.82, 2.24) is 0 Å². The number of nitrogens with zero attached hydrogens (tertiary/aromatic N) is 1. The summed E-state index contributed by atoms with van der Waals surface area (Å²) in [5.74, 6) is 1.10. The highest BCUT2D eigenvalue weighted by Gasteiger charge is 2.26. The summed E-state index contributed by atoms with van der Waals surface area (Å²) in [7, 11) is -1.37. The van der Waals surface area contributed by atoms with Gasteiger partial charge in [-0.15, -0.1) is 0 Å². The monoisotopic (exact) mass is 296 g/mol. The van der Waals surface area contributed by atoms with Crippen molar-refractivity contribution in [2.24, 2.45) is 0 Å². The quantitative estimate of drug-likeness (QED) is 0.626. The molecule has 1 aliphatic rings. The number of rotatable bonds is 3. The van der Waals surface area contributed by atoms with Gasteiger partial charge in [-0.05, 0) is 11.3 Å². The average molecular weight is 296 g/mol. The van der Waals surface area contributed by atoms with Crippen LogP contribution in [0.3, 0.4) is 0 Å². The molecule has 0 unspecified atom stereocenters. The van der Waals surface area contributed by atoms with Gasteiger partial charge in [0.15, 0.2) is 12.8 Å². The SMILES string of the molecule is C[Si](C)(C)c1cccc2c1OC[N+](Cc1ccccc1)=C2. The third kappa shape index (κ3) is 3.08. The van der Waals surface area contributed by atoms with Gasteiger partial charge in [0.25, 0.3) is 6.73 Å². The Kier molecular flexibility index (Phi) is 3.68. The highest BCUT2D eigenvalue weighted by atomic mass is 28.3. The minimum atomic E-state index is -1.37. The number of hydrogen-bond donors (Lipinski definition) is 0. The molecule has 0 spiro atoms. The van der Waals surface area contributed by atoms with Crippen molar-refractivity contribution in [1.29, 1.82) is 0 Å². The van der Waals surface area contributed by atoms with E-state index in [1.165, 1.54) is 16.3 Å². The number of benzene rings is 2. The van der Waals surface area contributed by atoms with E-state index in [-0.39, 0.29) is 0 Å². The Balaban J connectivity index is 1.92. The molecular formula is C18H22NOSi+. The van der Waals surface area contributed by atoms with Crippen LogP contribution in [0.2, 0.25) is 19.6 Å². The molecular weight excluding hydrogens is 274 g/mol. The first-order valence-corrected chi connectivity index (χ1v) is 10.9. The van der Waals surface area contributed by atoms with Gasteiger partial charge in [0.05, 0.1) is 13.6 Å². The largest absolute Gasteiger partial charge is 0.436 e. The summed E-state index contributed by atoms with van der Waals surface area (Å²) in [6, 6.07) is 17.0. The molecule has 0 saturated carbocycles. The molecule has 0 amide bonds. The fourth-order valence-corrected chi connectivity index (χ4v) is 4.19. The number of para-hydroxylation sites is 1. The molecule has 1 aliphatic heterocycles. The molecule has 0 aromatic heterocycles. The minimum absolute atomic E-state index is 0.628. The maximum Gasteiger partial charge on any atom is 0.287 e. The molecule has 3 rings (SSSR count). The summed E-state index contributed by atoms with van der Waals surface area (Å²) in [5.41, 5.74) is 2.51. The van der Waals surface area contributed by atoms with Gasteiger partial charge >= 0.3 is 0 Å². The summed E-state index contributed by atoms with van der Waals surface area (Å²) in [6.45, 7) is 8.60. The van der Waals surface area contributed by atoms with Crippen molar-refractivity contribution in [3.05, 3.63) is 59.7 Å². The number of hydrogen-bond acceptors (Lipinski definition) is 1. The first-order chi connectivity index (χ1) is 10.0. The van der Waals surface area contributed by atoms with E-state index in [2.05, 4.69) is 79.0 Å². The normalized spacial score (nSPS) is 14.1. The van der Waals surface area contributed by atoms with Gasteiger partial charge in [-0.1, -0.05) is 62.1 Å². The molecule has 3 heteroatoms.